The Bertz CT molecular complexity index is 198. The molecule has 0 aliphatic carbocycles. The van der Waals surface area contributed by atoms with E-state index in [0.717, 1.165) is 5.75 Å². The molecule has 0 amide bonds. The van der Waals surface area contributed by atoms with E-state index in [1.165, 1.54) is 0 Å². The van der Waals surface area contributed by atoms with Gasteiger partial charge in [-0.1, -0.05) is 0 Å². The van der Waals surface area contributed by atoms with Gasteiger partial charge in [0.25, 0.3) is 0 Å². The van der Waals surface area contributed by atoms with Crippen molar-refractivity contribution in [3.8, 4) is 5.75 Å². The maximum atomic E-state index is 9.84. The number of carbonyl (C=O) groups excluding carboxylic acids is 1. The molecule has 2 nitrogen and oxygen atoms in total. The zero-order chi connectivity index (χ0) is 7.23. The second-order valence-electron chi connectivity index (χ2n) is 1.54. The summed E-state index contributed by atoms with van der Waals surface area (Å²) in [5, 5.41) is 0.698. The van der Waals surface area contributed by atoms with Crippen molar-refractivity contribution in [1.82, 2.24) is 0 Å². The van der Waals surface area contributed by atoms with Crippen LogP contribution in [0.3, 0.4) is 0 Å². The summed E-state index contributed by atoms with van der Waals surface area (Å²) in [5.74, 6) is 0.717. The molecule has 55 valence electrons. The molecule has 10 heavy (non-hydrogen) atoms. The third kappa shape index (κ3) is 2.20. The molecule has 0 bridgehead atoms. The number of carbonyl (C=O) groups is 1. The normalized spacial score (nSPS) is 9.20. The van der Waals surface area contributed by atoms with Crippen LogP contribution in [-0.4, -0.2) is 5.22 Å². The molecule has 1 aromatic rings. The monoisotopic (exact) mass is 181 g/mol. The van der Waals surface area contributed by atoms with Crippen molar-refractivity contribution in [2.75, 3.05) is 0 Å². The van der Waals surface area contributed by atoms with Crippen LogP contribution in [0.15, 0.2) is 30.3 Å². The Hall–Kier alpha value is -0.804. The van der Waals surface area contributed by atoms with Crippen LogP contribution in [0, 0.1) is 0 Å². The first-order valence-electron chi connectivity index (χ1n) is 2.68. The fourth-order valence-electron chi connectivity index (χ4n) is 0.527. The number of rotatable bonds is 3. The van der Waals surface area contributed by atoms with E-state index in [-0.39, 0.29) is 0 Å². The average Bonchev–Trinajstić information content (AvgIpc) is 2.03. The molecule has 0 unspecified atom stereocenters. The molecule has 0 atom stereocenters. The van der Waals surface area contributed by atoms with E-state index in [1.54, 1.807) is 12.1 Å². The van der Waals surface area contributed by atoms with E-state index in [2.05, 4.69) is 0 Å². The summed E-state index contributed by atoms with van der Waals surface area (Å²) in [5.41, 5.74) is 0. The van der Waals surface area contributed by atoms with Gasteiger partial charge in [0.05, 0.1) is 0 Å². The first-order chi connectivity index (χ1) is 4.93. The predicted octanol–water partition coefficient (Wildman–Crippen LogP) is 1.25. The van der Waals surface area contributed by atoms with Crippen molar-refractivity contribution in [1.29, 1.82) is 0 Å². The van der Waals surface area contributed by atoms with Gasteiger partial charge >= 0.3 is 65.0 Å². The molecule has 0 spiro atoms. The summed E-state index contributed by atoms with van der Waals surface area (Å²) in [6.07, 6.45) is 0. The average molecular weight is 181 g/mol. The minimum absolute atomic E-state index is 0.373. The van der Waals surface area contributed by atoms with Crippen molar-refractivity contribution in [3.63, 3.8) is 0 Å². The Morgan fingerprint density at radius 2 is 2.00 bits per heavy atom. The Morgan fingerprint density at radius 1 is 1.30 bits per heavy atom. The van der Waals surface area contributed by atoms with Gasteiger partial charge in [-0.25, -0.2) is 0 Å². The molecule has 0 aliphatic heterocycles. The van der Waals surface area contributed by atoms with E-state index < -0.39 is 0 Å². The Morgan fingerprint density at radius 3 is 2.60 bits per heavy atom. The van der Waals surface area contributed by atoms with E-state index in [1.807, 2.05) is 18.2 Å². The molecule has 0 aliphatic rings. The summed E-state index contributed by atoms with van der Waals surface area (Å²) in [6, 6.07) is 9.21. The Balaban J connectivity index is 2.50. The van der Waals surface area contributed by atoms with Crippen molar-refractivity contribution in [2.45, 2.75) is 0 Å². The van der Waals surface area contributed by atoms with Crippen LogP contribution in [0.4, 0.5) is 0 Å². The van der Waals surface area contributed by atoms with Gasteiger partial charge < -0.3 is 0 Å². The zero-order valence-electron chi connectivity index (χ0n) is 5.11. The van der Waals surface area contributed by atoms with Gasteiger partial charge in [0, 0.05) is 0 Å². The van der Waals surface area contributed by atoms with Crippen LogP contribution >= 0.6 is 0 Å². The number of hydrogen-bond donors (Lipinski definition) is 0. The molecular formula is C7H6CoO2. The van der Waals surface area contributed by atoms with Crippen molar-refractivity contribution < 1.29 is 23.7 Å². The van der Waals surface area contributed by atoms with Crippen LogP contribution < -0.4 is 3.85 Å². The van der Waals surface area contributed by atoms with Gasteiger partial charge in [-0.05, 0) is 0 Å². The molecular weight excluding hydrogens is 175 g/mol. The number of benzene rings is 1. The summed E-state index contributed by atoms with van der Waals surface area (Å²) in [7, 11) is 0. The SMILES string of the molecule is O=[CH][Co][O]c1ccccc1. The zero-order valence-corrected chi connectivity index (χ0v) is 6.15. The molecule has 0 saturated carbocycles. The molecule has 1 rings (SSSR count). The number of para-hydroxylation sites is 1. The fraction of sp³-hybridized carbons (Fsp3) is 0. The molecule has 0 fully saturated rings. The van der Waals surface area contributed by atoms with Gasteiger partial charge in [0.2, 0.25) is 0 Å². The van der Waals surface area contributed by atoms with E-state index >= 15 is 0 Å². The van der Waals surface area contributed by atoms with Gasteiger partial charge in [0.15, 0.2) is 0 Å². The summed E-state index contributed by atoms with van der Waals surface area (Å²) in [6.45, 7) is 0. The van der Waals surface area contributed by atoms with Crippen molar-refractivity contribution in [3.05, 3.63) is 30.3 Å². The van der Waals surface area contributed by atoms with Crippen LogP contribution in [0.2, 0.25) is 0 Å². The van der Waals surface area contributed by atoms with Crippen LogP contribution in [-0.2, 0) is 19.8 Å². The summed E-state index contributed by atoms with van der Waals surface area (Å²) < 4.78 is 4.96. The molecule has 0 aromatic heterocycles. The Labute approximate surface area is 65.5 Å². The summed E-state index contributed by atoms with van der Waals surface area (Å²) >= 11 is 0.373. The molecule has 0 N–H and O–H groups in total. The first kappa shape index (κ1) is 7.31. The second kappa shape index (κ2) is 4.08. The van der Waals surface area contributed by atoms with Gasteiger partial charge in [0.1, 0.15) is 0 Å². The third-order valence-corrected chi connectivity index (χ3v) is 1.36. The maximum absolute atomic E-state index is 9.84. The van der Waals surface area contributed by atoms with Crippen LogP contribution in [0.5, 0.6) is 5.75 Å². The van der Waals surface area contributed by atoms with E-state index in [4.69, 9.17) is 3.85 Å². The van der Waals surface area contributed by atoms with E-state index in [0.29, 0.717) is 20.2 Å². The molecule has 0 radical (unpaired) electrons. The standard InChI is InChI=1S/C6H6O.CHO.Co/c7-6-4-2-1-3-5-6;1-2;/h1-5,7H;1H;/q;;+1/p-1. The molecule has 3 heteroatoms. The van der Waals surface area contributed by atoms with Crippen molar-refractivity contribution >= 4 is 5.22 Å². The van der Waals surface area contributed by atoms with Crippen LogP contribution in [0.1, 0.15) is 0 Å². The summed E-state index contributed by atoms with van der Waals surface area (Å²) in [4.78, 5) is 9.84. The minimum atomic E-state index is 0.373. The fourth-order valence-corrected chi connectivity index (χ4v) is 0.861. The topological polar surface area (TPSA) is 26.3 Å². The molecule has 0 saturated heterocycles. The van der Waals surface area contributed by atoms with Gasteiger partial charge in [-0.2, -0.15) is 0 Å². The van der Waals surface area contributed by atoms with Crippen LogP contribution in [0.25, 0.3) is 0 Å². The van der Waals surface area contributed by atoms with Gasteiger partial charge in [-0.3, -0.25) is 0 Å². The third-order valence-electron chi connectivity index (χ3n) is 0.893. The van der Waals surface area contributed by atoms with E-state index in [9.17, 15) is 4.79 Å². The first-order valence-corrected chi connectivity index (χ1v) is 3.71. The number of hydrogen-bond acceptors (Lipinski definition) is 2. The second-order valence-corrected chi connectivity index (χ2v) is 2.24. The Kier molecular flexibility index (Phi) is 2.98. The van der Waals surface area contributed by atoms with Gasteiger partial charge in [-0.15, -0.1) is 0 Å². The van der Waals surface area contributed by atoms with Crippen molar-refractivity contribution in [2.24, 2.45) is 0 Å². The molecule has 1 aromatic carbocycles. The quantitative estimate of drug-likeness (QED) is 0.656. The molecule has 0 heterocycles. The predicted molar refractivity (Wildman–Crippen MR) is 33.8 cm³/mol.